The summed E-state index contributed by atoms with van der Waals surface area (Å²) in [5, 5.41) is 15.3. The molecule has 152 valence electrons. The lowest BCUT2D eigenvalue weighted by atomic mass is 9.72. The van der Waals surface area contributed by atoms with Gasteiger partial charge in [0.1, 0.15) is 5.82 Å². The van der Waals surface area contributed by atoms with Gasteiger partial charge in [0.15, 0.2) is 0 Å². The Balaban J connectivity index is 1.76. The number of benzene rings is 3. The maximum atomic E-state index is 13.3. The van der Waals surface area contributed by atoms with Crippen molar-refractivity contribution in [3.63, 3.8) is 0 Å². The highest BCUT2D eigenvalue weighted by atomic mass is 19.1. The molecular weight excluding hydrogens is 379 g/mol. The second-order valence-corrected chi connectivity index (χ2v) is 8.12. The van der Waals surface area contributed by atoms with Crippen molar-refractivity contribution in [3.8, 4) is 5.69 Å². The molecule has 0 spiro atoms. The molecule has 4 rings (SSSR count). The summed E-state index contributed by atoms with van der Waals surface area (Å²) in [5.74, 6) is -1.33. The number of aromatic nitrogens is 2. The van der Waals surface area contributed by atoms with Crippen molar-refractivity contribution >= 4 is 16.9 Å². The first-order chi connectivity index (χ1) is 14.4. The summed E-state index contributed by atoms with van der Waals surface area (Å²) in [5.41, 5.74) is 2.76. The Kier molecular flexibility index (Phi) is 5.12. The molecule has 1 aromatic heterocycles. The van der Waals surface area contributed by atoms with E-state index in [4.69, 9.17) is 0 Å². The molecule has 4 aromatic rings. The van der Waals surface area contributed by atoms with Crippen LogP contribution in [0.15, 0.2) is 79.0 Å². The number of carboxylic acids is 1. The minimum Gasteiger partial charge on any atom is -0.481 e. The van der Waals surface area contributed by atoms with Crippen molar-refractivity contribution in [2.24, 2.45) is 5.41 Å². The van der Waals surface area contributed by atoms with E-state index in [1.54, 1.807) is 36.9 Å². The largest absolute Gasteiger partial charge is 0.481 e. The Morgan fingerprint density at radius 3 is 2.43 bits per heavy atom. The summed E-state index contributed by atoms with van der Waals surface area (Å²) < 4.78 is 15.0. The first-order valence-electron chi connectivity index (χ1n) is 9.87. The van der Waals surface area contributed by atoms with Crippen LogP contribution >= 0.6 is 0 Å². The van der Waals surface area contributed by atoms with Crippen molar-refractivity contribution < 1.29 is 14.3 Å². The molecule has 0 aliphatic carbocycles. The molecule has 1 atom stereocenters. The summed E-state index contributed by atoms with van der Waals surface area (Å²) in [6, 6.07) is 22.1. The van der Waals surface area contributed by atoms with E-state index < -0.39 is 11.4 Å². The number of hydrogen-bond donors (Lipinski definition) is 1. The van der Waals surface area contributed by atoms with Crippen molar-refractivity contribution in [3.05, 3.63) is 95.9 Å². The number of nitrogens with zero attached hydrogens (tertiary/aromatic N) is 2. The van der Waals surface area contributed by atoms with Crippen LogP contribution in [0.25, 0.3) is 16.6 Å². The van der Waals surface area contributed by atoms with Gasteiger partial charge in [0.2, 0.25) is 0 Å². The zero-order valence-corrected chi connectivity index (χ0v) is 16.9. The predicted molar refractivity (Wildman–Crippen MR) is 115 cm³/mol. The Hall–Kier alpha value is -3.47. The molecule has 0 aliphatic rings. The average molecular weight is 402 g/mol. The first kappa shape index (κ1) is 19.8. The monoisotopic (exact) mass is 402 g/mol. The van der Waals surface area contributed by atoms with Gasteiger partial charge in [-0.3, -0.25) is 4.79 Å². The number of fused-ring (bicyclic) bond motifs is 1. The van der Waals surface area contributed by atoms with Gasteiger partial charge in [0.05, 0.1) is 22.8 Å². The maximum Gasteiger partial charge on any atom is 0.309 e. The third-order valence-electron chi connectivity index (χ3n) is 5.77. The van der Waals surface area contributed by atoms with Crippen LogP contribution in [0.5, 0.6) is 0 Å². The lowest BCUT2D eigenvalue weighted by Crippen LogP contribution is -2.32. The maximum absolute atomic E-state index is 13.3. The van der Waals surface area contributed by atoms with Crippen LogP contribution < -0.4 is 0 Å². The topological polar surface area (TPSA) is 55.1 Å². The molecule has 0 amide bonds. The van der Waals surface area contributed by atoms with Gasteiger partial charge in [-0.15, -0.1) is 0 Å². The molecule has 4 nitrogen and oxygen atoms in total. The van der Waals surface area contributed by atoms with E-state index >= 15 is 0 Å². The fraction of sp³-hybridized carbons (Fsp3) is 0.200. The summed E-state index contributed by atoms with van der Waals surface area (Å²) in [7, 11) is 0. The second-order valence-electron chi connectivity index (χ2n) is 8.12. The van der Waals surface area contributed by atoms with Crippen molar-refractivity contribution in [2.45, 2.75) is 26.2 Å². The molecule has 0 saturated carbocycles. The highest BCUT2D eigenvalue weighted by Gasteiger charge is 2.38. The van der Waals surface area contributed by atoms with E-state index in [2.05, 4.69) is 5.10 Å². The van der Waals surface area contributed by atoms with Gasteiger partial charge in [-0.2, -0.15) is 5.10 Å². The minimum absolute atomic E-state index is 0.212. The van der Waals surface area contributed by atoms with Crippen LogP contribution in [0.2, 0.25) is 0 Å². The number of hydrogen-bond acceptors (Lipinski definition) is 2. The summed E-state index contributed by atoms with van der Waals surface area (Å²) in [4.78, 5) is 12.1. The fourth-order valence-corrected chi connectivity index (χ4v) is 3.84. The van der Waals surface area contributed by atoms with Gasteiger partial charge in [-0.25, -0.2) is 9.07 Å². The highest BCUT2D eigenvalue weighted by Crippen LogP contribution is 2.39. The Bertz CT molecular complexity index is 1180. The molecular formula is C25H23FN2O2. The minimum atomic E-state index is -0.948. The number of carboxylic acid groups (broad SMARTS) is 1. The van der Waals surface area contributed by atoms with E-state index in [1.807, 2.05) is 48.5 Å². The number of rotatable bonds is 6. The van der Waals surface area contributed by atoms with Crippen LogP contribution in [0, 0.1) is 11.2 Å². The van der Waals surface area contributed by atoms with Gasteiger partial charge >= 0.3 is 5.97 Å². The predicted octanol–water partition coefficient (Wildman–Crippen LogP) is 5.60. The van der Waals surface area contributed by atoms with E-state index in [1.165, 1.54) is 12.1 Å². The van der Waals surface area contributed by atoms with Gasteiger partial charge in [-0.1, -0.05) is 36.4 Å². The molecule has 3 aromatic carbocycles. The van der Waals surface area contributed by atoms with Gasteiger partial charge in [-0.05, 0) is 67.8 Å². The van der Waals surface area contributed by atoms with E-state index in [0.29, 0.717) is 6.42 Å². The standard InChI is InChI=1S/C25H23FN2O2/c1-25(2,24(29)30)22(14-17-6-4-3-5-7-17)18-8-13-23-19(15-18)16-27-28(23)21-11-9-20(26)10-12-21/h3-13,15-16,22H,14H2,1-2H3,(H,29,30). The van der Waals surface area contributed by atoms with Crippen LogP contribution in [0.1, 0.15) is 30.9 Å². The van der Waals surface area contributed by atoms with Gasteiger partial charge < -0.3 is 5.11 Å². The average Bonchev–Trinajstić information content (AvgIpc) is 3.16. The third-order valence-corrected chi connectivity index (χ3v) is 5.77. The number of carbonyl (C=O) groups is 1. The molecule has 5 heteroatoms. The molecule has 0 aliphatic heterocycles. The molecule has 0 radical (unpaired) electrons. The number of halogens is 1. The second kappa shape index (κ2) is 7.75. The van der Waals surface area contributed by atoms with E-state index in [-0.39, 0.29) is 11.7 Å². The van der Waals surface area contributed by atoms with Gasteiger partial charge in [0.25, 0.3) is 0 Å². The Labute approximate surface area is 174 Å². The smallest absolute Gasteiger partial charge is 0.309 e. The summed E-state index contributed by atoms with van der Waals surface area (Å²) in [6.45, 7) is 3.55. The van der Waals surface area contributed by atoms with E-state index in [9.17, 15) is 14.3 Å². The molecule has 1 heterocycles. The summed E-state index contributed by atoms with van der Waals surface area (Å²) in [6.07, 6.45) is 2.38. The molecule has 1 N–H and O–H groups in total. The highest BCUT2D eigenvalue weighted by molar-refractivity contribution is 5.82. The lowest BCUT2D eigenvalue weighted by molar-refractivity contribution is -0.148. The third kappa shape index (κ3) is 3.71. The van der Waals surface area contributed by atoms with E-state index in [0.717, 1.165) is 27.7 Å². The van der Waals surface area contributed by atoms with Crippen molar-refractivity contribution in [2.75, 3.05) is 0 Å². The van der Waals surface area contributed by atoms with Crippen molar-refractivity contribution in [1.29, 1.82) is 0 Å². The first-order valence-corrected chi connectivity index (χ1v) is 9.87. The quantitative estimate of drug-likeness (QED) is 0.457. The lowest BCUT2D eigenvalue weighted by Gasteiger charge is -2.31. The molecule has 0 bridgehead atoms. The van der Waals surface area contributed by atoms with Crippen LogP contribution in [0.4, 0.5) is 4.39 Å². The fourth-order valence-electron chi connectivity index (χ4n) is 3.84. The van der Waals surface area contributed by atoms with Crippen LogP contribution in [-0.4, -0.2) is 20.9 Å². The molecule has 1 unspecified atom stereocenters. The Morgan fingerprint density at radius 2 is 1.77 bits per heavy atom. The van der Waals surface area contributed by atoms with Crippen LogP contribution in [0.3, 0.4) is 0 Å². The molecule has 0 fully saturated rings. The van der Waals surface area contributed by atoms with Crippen LogP contribution in [-0.2, 0) is 11.2 Å². The molecule has 30 heavy (non-hydrogen) atoms. The zero-order valence-electron chi connectivity index (χ0n) is 16.9. The Morgan fingerprint density at radius 1 is 1.07 bits per heavy atom. The van der Waals surface area contributed by atoms with Crippen molar-refractivity contribution in [1.82, 2.24) is 9.78 Å². The SMILES string of the molecule is CC(C)(C(=O)O)C(Cc1ccccc1)c1ccc2c(cnn2-c2ccc(F)cc2)c1. The summed E-state index contributed by atoms with van der Waals surface area (Å²) >= 11 is 0. The normalized spacial score (nSPS) is 12.8. The van der Waals surface area contributed by atoms with Gasteiger partial charge in [0, 0.05) is 11.3 Å². The molecule has 0 saturated heterocycles. The number of aliphatic carboxylic acids is 1. The zero-order chi connectivity index (χ0) is 21.3.